The van der Waals surface area contributed by atoms with Gasteiger partial charge in [0.2, 0.25) is 0 Å². The molecule has 1 aliphatic heterocycles. The van der Waals surface area contributed by atoms with Crippen molar-refractivity contribution in [2.45, 2.75) is 57.0 Å². The number of benzene rings is 1. The minimum absolute atomic E-state index is 0.466. The van der Waals surface area contributed by atoms with Gasteiger partial charge in [-0.25, -0.2) is 0 Å². The van der Waals surface area contributed by atoms with Crippen LogP contribution in [0.5, 0.6) is 5.75 Å². The molecule has 0 radical (unpaired) electrons. The fraction of sp³-hybridized carbons (Fsp3) is 0.647. The third-order valence-electron chi connectivity index (χ3n) is 4.53. The number of nitrogens with one attached hydrogen (secondary N) is 1. The van der Waals surface area contributed by atoms with Gasteiger partial charge in [-0.2, -0.15) is 0 Å². The highest BCUT2D eigenvalue weighted by atomic mass is 16.5. The van der Waals surface area contributed by atoms with Crippen LogP contribution in [0.15, 0.2) is 24.3 Å². The molecule has 0 amide bonds. The molecule has 1 saturated heterocycles. The molecule has 2 aliphatic rings. The summed E-state index contributed by atoms with van der Waals surface area (Å²) in [6, 6.07) is 8.90. The lowest BCUT2D eigenvalue weighted by Gasteiger charge is -2.16. The second kappa shape index (κ2) is 6.42. The average Bonchev–Trinajstić information content (AvgIpc) is 2.80. The zero-order chi connectivity index (χ0) is 12.9. The molecule has 1 saturated carbocycles. The molecule has 1 unspecified atom stereocenters. The van der Waals surface area contributed by atoms with E-state index in [9.17, 15) is 0 Å². The van der Waals surface area contributed by atoms with Crippen LogP contribution >= 0.6 is 0 Å². The molecule has 1 aromatic rings. The molecule has 3 rings (SSSR count). The summed E-state index contributed by atoms with van der Waals surface area (Å²) in [5, 5.41) is 3.48. The van der Waals surface area contributed by atoms with Gasteiger partial charge in [-0.05, 0) is 81.6 Å². The predicted octanol–water partition coefficient (Wildman–Crippen LogP) is 3.87. The molecule has 1 aliphatic carbocycles. The fourth-order valence-corrected chi connectivity index (χ4v) is 3.37. The van der Waals surface area contributed by atoms with Crippen molar-refractivity contribution in [3.63, 3.8) is 0 Å². The highest BCUT2D eigenvalue weighted by molar-refractivity contribution is 5.29. The molecule has 19 heavy (non-hydrogen) atoms. The van der Waals surface area contributed by atoms with Crippen molar-refractivity contribution in [3.8, 4) is 5.75 Å². The number of hydrogen-bond acceptors (Lipinski definition) is 2. The van der Waals surface area contributed by atoms with Crippen molar-refractivity contribution in [1.82, 2.24) is 5.32 Å². The van der Waals surface area contributed by atoms with Crippen molar-refractivity contribution in [2.24, 2.45) is 0 Å². The summed E-state index contributed by atoms with van der Waals surface area (Å²) in [5.74, 6) is 1.79. The van der Waals surface area contributed by atoms with E-state index in [-0.39, 0.29) is 0 Å². The summed E-state index contributed by atoms with van der Waals surface area (Å²) < 4.78 is 6.03. The van der Waals surface area contributed by atoms with Gasteiger partial charge in [-0.1, -0.05) is 12.1 Å². The van der Waals surface area contributed by atoms with Crippen LogP contribution in [0.3, 0.4) is 0 Å². The van der Waals surface area contributed by atoms with E-state index in [0.29, 0.717) is 6.10 Å². The number of rotatable bonds is 3. The van der Waals surface area contributed by atoms with Crippen LogP contribution < -0.4 is 10.1 Å². The summed E-state index contributed by atoms with van der Waals surface area (Å²) in [5.41, 5.74) is 1.49. The van der Waals surface area contributed by atoms with Crippen molar-refractivity contribution < 1.29 is 4.74 Å². The Balaban J connectivity index is 1.60. The SMILES string of the molecule is c1cc(C2CCCNCC2)ccc1OC1CCCC1. The van der Waals surface area contributed by atoms with Crippen LogP contribution in [-0.4, -0.2) is 19.2 Å². The first-order valence-electron chi connectivity index (χ1n) is 7.89. The molecule has 0 bridgehead atoms. The van der Waals surface area contributed by atoms with E-state index in [1.807, 2.05) is 0 Å². The summed E-state index contributed by atoms with van der Waals surface area (Å²) in [6.45, 7) is 2.34. The second-order valence-electron chi connectivity index (χ2n) is 5.97. The van der Waals surface area contributed by atoms with Crippen LogP contribution in [0.2, 0.25) is 0 Å². The summed E-state index contributed by atoms with van der Waals surface area (Å²) in [4.78, 5) is 0. The van der Waals surface area contributed by atoms with Gasteiger partial charge in [0.25, 0.3) is 0 Å². The van der Waals surface area contributed by atoms with E-state index in [1.165, 1.54) is 57.1 Å². The molecular formula is C17H25NO. The zero-order valence-electron chi connectivity index (χ0n) is 11.7. The Morgan fingerprint density at radius 2 is 1.63 bits per heavy atom. The topological polar surface area (TPSA) is 21.3 Å². The largest absolute Gasteiger partial charge is 0.490 e. The fourth-order valence-electron chi connectivity index (χ4n) is 3.37. The first kappa shape index (κ1) is 13.0. The molecule has 0 spiro atoms. The van der Waals surface area contributed by atoms with Crippen LogP contribution in [0, 0.1) is 0 Å². The van der Waals surface area contributed by atoms with Gasteiger partial charge in [-0.3, -0.25) is 0 Å². The van der Waals surface area contributed by atoms with E-state index in [0.717, 1.165) is 18.2 Å². The van der Waals surface area contributed by atoms with Gasteiger partial charge in [0.05, 0.1) is 6.10 Å². The smallest absolute Gasteiger partial charge is 0.119 e. The zero-order valence-corrected chi connectivity index (χ0v) is 11.7. The van der Waals surface area contributed by atoms with Gasteiger partial charge in [0, 0.05) is 0 Å². The quantitative estimate of drug-likeness (QED) is 0.890. The monoisotopic (exact) mass is 259 g/mol. The summed E-state index contributed by atoms with van der Waals surface area (Å²) in [6.07, 6.45) is 9.47. The maximum Gasteiger partial charge on any atom is 0.119 e. The lowest BCUT2D eigenvalue weighted by molar-refractivity contribution is 0.210. The van der Waals surface area contributed by atoms with Crippen LogP contribution in [-0.2, 0) is 0 Å². The molecule has 2 fully saturated rings. The van der Waals surface area contributed by atoms with E-state index >= 15 is 0 Å². The molecule has 1 heterocycles. The van der Waals surface area contributed by atoms with Gasteiger partial charge in [-0.15, -0.1) is 0 Å². The molecule has 1 aromatic carbocycles. The molecule has 2 heteroatoms. The lowest BCUT2D eigenvalue weighted by Crippen LogP contribution is -2.13. The van der Waals surface area contributed by atoms with Crippen molar-refractivity contribution in [2.75, 3.05) is 13.1 Å². The summed E-state index contributed by atoms with van der Waals surface area (Å²) in [7, 11) is 0. The first-order valence-corrected chi connectivity index (χ1v) is 7.89. The molecule has 104 valence electrons. The van der Waals surface area contributed by atoms with Gasteiger partial charge in [0.15, 0.2) is 0 Å². The Bertz CT molecular complexity index is 373. The highest BCUT2D eigenvalue weighted by Gasteiger charge is 2.17. The van der Waals surface area contributed by atoms with Crippen molar-refractivity contribution in [3.05, 3.63) is 29.8 Å². The molecular weight excluding hydrogens is 234 g/mol. The maximum atomic E-state index is 6.03. The minimum atomic E-state index is 0.466. The van der Waals surface area contributed by atoms with Crippen molar-refractivity contribution >= 4 is 0 Å². The van der Waals surface area contributed by atoms with E-state index in [4.69, 9.17) is 4.74 Å². The van der Waals surface area contributed by atoms with Crippen LogP contribution in [0.4, 0.5) is 0 Å². The maximum absolute atomic E-state index is 6.03. The Morgan fingerprint density at radius 1 is 0.842 bits per heavy atom. The normalized spacial score (nSPS) is 25.2. The molecule has 2 nitrogen and oxygen atoms in total. The van der Waals surface area contributed by atoms with Crippen LogP contribution in [0.1, 0.15) is 56.4 Å². The van der Waals surface area contributed by atoms with Gasteiger partial charge >= 0.3 is 0 Å². The van der Waals surface area contributed by atoms with Gasteiger partial charge < -0.3 is 10.1 Å². The molecule has 0 aromatic heterocycles. The summed E-state index contributed by atoms with van der Waals surface area (Å²) >= 11 is 0. The first-order chi connectivity index (χ1) is 9.42. The minimum Gasteiger partial charge on any atom is -0.490 e. The number of ether oxygens (including phenoxy) is 1. The van der Waals surface area contributed by atoms with E-state index in [1.54, 1.807) is 0 Å². The molecule has 1 atom stereocenters. The molecule has 1 N–H and O–H groups in total. The Labute approximate surface area is 116 Å². The lowest BCUT2D eigenvalue weighted by atomic mass is 9.92. The van der Waals surface area contributed by atoms with Crippen molar-refractivity contribution in [1.29, 1.82) is 0 Å². The van der Waals surface area contributed by atoms with E-state index in [2.05, 4.69) is 29.6 Å². The standard InChI is InChI=1S/C17H25NO/c1-2-6-16(5-1)19-17-9-7-15(8-10-17)14-4-3-12-18-13-11-14/h7-10,14,16,18H,1-6,11-13H2. The Morgan fingerprint density at radius 3 is 2.42 bits per heavy atom. The van der Waals surface area contributed by atoms with E-state index < -0.39 is 0 Å². The second-order valence-corrected chi connectivity index (χ2v) is 5.97. The Hall–Kier alpha value is -1.02. The predicted molar refractivity (Wildman–Crippen MR) is 78.8 cm³/mol. The van der Waals surface area contributed by atoms with Gasteiger partial charge in [0.1, 0.15) is 5.75 Å². The third kappa shape index (κ3) is 3.50. The third-order valence-corrected chi connectivity index (χ3v) is 4.53. The van der Waals surface area contributed by atoms with Crippen LogP contribution in [0.25, 0.3) is 0 Å². The number of hydrogen-bond donors (Lipinski definition) is 1. The Kier molecular flexibility index (Phi) is 4.39. The highest BCUT2D eigenvalue weighted by Crippen LogP contribution is 2.29. The average molecular weight is 259 g/mol.